The molecule has 0 aromatic heterocycles. The smallest absolute Gasteiger partial charge is 0.266 e. The number of hydrogen-bond acceptors (Lipinski definition) is 4. The van der Waals surface area contributed by atoms with Gasteiger partial charge in [0.05, 0.1) is 11.3 Å². The average molecular weight is 413 g/mol. The number of carbonyl (C=O) groups excluding carboxylic acids is 1. The molecule has 1 N–H and O–H groups in total. The predicted molar refractivity (Wildman–Crippen MR) is 113 cm³/mol. The zero-order chi connectivity index (χ0) is 20.3. The largest absolute Gasteiger partial charge is 0.385 e. The number of piperidine rings is 1. The number of amides is 1. The Morgan fingerprint density at radius 3 is 2.48 bits per heavy atom. The Bertz CT molecular complexity index is 875. The predicted octanol–water partition coefficient (Wildman–Crippen LogP) is 3.93. The highest BCUT2D eigenvalue weighted by atomic mass is 35.5. The number of hydrogen-bond donors (Lipinski definition) is 1. The molecule has 1 amide bonds. The average Bonchev–Trinajstić information content (AvgIpc) is 3.22. The molecule has 2 heterocycles. The van der Waals surface area contributed by atoms with E-state index in [1.165, 1.54) is 5.56 Å². The van der Waals surface area contributed by atoms with Crippen LogP contribution in [0.3, 0.4) is 0 Å². The van der Waals surface area contributed by atoms with Crippen molar-refractivity contribution in [2.45, 2.75) is 43.8 Å². The van der Waals surface area contributed by atoms with Crippen molar-refractivity contribution in [1.82, 2.24) is 4.90 Å². The van der Waals surface area contributed by atoms with Crippen molar-refractivity contribution < 1.29 is 14.7 Å². The molecule has 0 spiro atoms. The molecule has 2 aliphatic heterocycles. The molecule has 4 rings (SSSR count). The van der Waals surface area contributed by atoms with Crippen molar-refractivity contribution in [3.8, 4) is 0 Å². The number of nitrogens with zero attached hydrogens (tertiary/aromatic N) is 2. The molecule has 6 heteroatoms. The van der Waals surface area contributed by atoms with Crippen LogP contribution in [0.4, 0.5) is 0 Å². The van der Waals surface area contributed by atoms with E-state index in [9.17, 15) is 9.90 Å². The highest BCUT2D eigenvalue weighted by Crippen LogP contribution is 2.34. The maximum absolute atomic E-state index is 12.8. The van der Waals surface area contributed by atoms with Crippen molar-refractivity contribution in [3.63, 3.8) is 0 Å². The molecule has 152 valence electrons. The minimum absolute atomic E-state index is 0.0402. The van der Waals surface area contributed by atoms with Crippen LogP contribution >= 0.6 is 11.6 Å². The molecule has 1 saturated heterocycles. The van der Waals surface area contributed by atoms with E-state index < -0.39 is 11.7 Å². The minimum atomic E-state index is -0.921. The summed E-state index contributed by atoms with van der Waals surface area (Å²) in [6.07, 6.45) is 2.68. The Labute approximate surface area is 175 Å². The van der Waals surface area contributed by atoms with Gasteiger partial charge in [0.25, 0.3) is 5.91 Å². The van der Waals surface area contributed by atoms with Gasteiger partial charge < -0.3 is 14.8 Å². The van der Waals surface area contributed by atoms with Crippen molar-refractivity contribution in [1.29, 1.82) is 0 Å². The lowest BCUT2D eigenvalue weighted by atomic mass is 9.84. The first-order valence-corrected chi connectivity index (χ1v) is 10.4. The molecule has 0 unspecified atom stereocenters. The third kappa shape index (κ3) is 4.62. The molecule has 0 aliphatic carbocycles. The number of aliphatic hydroxyl groups is 1. The summed E-state index contributed by atoms with van der Waals surface area (Å²) in [7, 11) is 0. The molecule has 5 nitrogen and oxygen atoms in total. The second-order valence-electron chi connectivity index (χ2n) is 7.81. The summed E-state index contributed by atoms with van der Waals surface area (Å²) in [6, 6.07) is 17.5. The van der Waals surface area contributed by atoms with E-state index in [1.54, 1.807) is 17.0 Å². The monoisotopic (exact) mass is 412 g/mol. The lowest BCUT2D eigenvalue weighted by Gasteiger charge is -2.39. The highest BCUT2D eigenvalue weighted by molar-refractivity contribution is 6.30. The fraction of sp³-hybridized carbons (Fsp3) is 0.391. The van der Waals surface area contributed by atoms with Gasteiger partial charge >= 0.3 is 0 Å². The van der Waals surface area contributed by atoms with Crippen LogP contribution in [0, 0.1) is 0 Å². The maximum Gasteiger partial charge on any atom is 0.266 e. The van der Waals surface area contributed by atoms with Gasteiger partial charge in [0.1, 0.15) is 0 Å². The molecular formula is C23H25ClN2O3. The van der Waals surface area contributed by atoms with Gasteiger partial charge in [-0.2, -0.15) is 0 Å². The van der Waals surface area contributed by atoms with Crippen LogP contribution in [0.5, 0.6) is 0 Å². The van der Waals surface area contributed by atoms with Crippen molar-refractivity contribution in [2.24, 2.45) is 5.16 Å². The minimum Gasteiger partial charge on any atom is -0.385 e. The summed E-state index contributed by atoms with van der Waals surface area (Å²) >= 11 is 5.94. The van der Waals surface area contributed by atoms with Crippen LogP contribution in [0.2, 0.25) is 5.02 Å². The van der Waals surface area contributed by atoms with Crippen LogP contribution in [-0.4, -0.2) is 40.8 Å². The number of benzene rings is 2. The van der Waals surface area contributed by atoms with Gasteiger partial charge in [-0.1, -0.05) is 59.2 Å². The summed E-state index contributed by atoms with van der Waals surface area (Å²) in [5.41, 5.74) is 2.11. The second kappa shape index (κ2) is 8.56. The van der Waals surface area contributed by atoms with Gasteiger partial charge in [0.15, 0.2) is 0 Å². The van der Waals surface area contributed by atoms with Gasteiger partial charge in [-0.25, -0.2) is 0 Å². The number of oxime groups is 1. The van der Waals surface area contributed by atoms with E-state index in [2.05, 4.69) is 17.3 Å². The molecule has 1 fully saturated rings. The van der Waals surface area contributed by atoms with E-state index in [4.69, 9.17) is 16.4 Å². The molecule has 29 heavy (non-hydrogen) atoms. The first-order chi connectivity index (χ1) is 14.0. The molecule has 2 aromatic rings. The summed E-state index contributed by atoms with van der Waals surface area (Å²) in [6.45, 7) is 0.994. The van der Waals surface area contributed by atoms with Gasteiger partial charge in [0.2, 0.25) is 6.10 Å². The van der Waals surface area contributed by atoms with E-state index >= 15 is 0 Å². The zero-order valence-corrected chi connectivity index (χ0v) is 17.0. The Morgan fingerprint density at radius 2 is 1.79 bits per heavy atom. The molecule has 0 bridgehead atoms. The van der Waals surface area contributed by atoms with Crippen LogP contribution in [0.1, 0.15) is 36.8 Å². The fourth-order valence-electron chi connectivity index (χ4n) is 3.99. The lowest BCUT2D eigenvalue weighted by Crippen LogP contribution is -2.48. The fourth-order valence-corrected chi connectivity index (χ4v) is 4.12. The Hall–Kier alpha value is -2.37. The Balaban J connectivity index is 1.27. The maximum atomic E-state index is 12.8. The Kier molecular flexibility index (Phi) is 5.88. The normalized spacial score (nSPS) is 20.8. The van der Waals surface area contributed by atoms with Crippen LogP contribution in [-0.2, 0) is 21.7 Å². The summed E-state index contributed by atoms with van der Waals surface area (Å²) in [5.74, 6) is -0.0402. The molecule has 0 saturated carbocycles. The zero-order valence-electron chi connectivity index (χ0n) is 16.3. The third-order valence-electron chi connectivity index (χ3n) is 5.83. The van der Waals surface area contributed by atoms with Crippen molar-refractivity contribution >= 4 is 23.2 Å². The van der Waals surface area contributed by atoms with E-state index in [-0.39, 0.29) is 5.91 Å². The van der Waals surface area contributed by atoms with Crippen LogP contribution in [0.25, 0.3) is 0 Å². The molecule has 2 aliphatic rings. The first-order valence-electron chi connectivity index (χ1n) is 10.1. The van der Waals surface area contributed by atoms with E-state index in [1.807, 2.05) is 30.3 Å². The van der Waals surface area contributed by atoms with Gasteiger partial charge in [-0.15, -0.1) is 0 Å². The van der Waals surface area contributed by atoms with E-state index in [0.29, 0.717) is 37.4 Å². The molecule has 2 aromatic carbocycles. The van der Waals surface area contributed by atoms with Gasteiger partial charge in [-0.05, 0) is 48.9 Å². The molecule has 0 radical (unpaired) electrons. The van der Waals surface area contributed by atoms with Gasteiger partial charge in [-0.3, -0.25) is 4.79 Å². The standard InChI is InChI=1S/C23H25ClN2O3/c24-19-9-7-18(8-10-19)23(28)12-14-26(15-13-23)22(27)21-16-20(25-29-21)11-6-17-4-2-1-3-5-17/h1-5,7-10,21,28H,6,11-16H2/t21-/m0/s1. The van der Waals surface area contributed by atoms with Crippen LogP contribution < -0.4 is 0 Å². The number of carbonyl (C=O) groups is 1. The van der Waals surface area contributed by atoms with Crippen molar-refractivity contribution in [3.05, 3.63) is 70.7 Å². The summed E-state index contributed by atoms with van der Waals surface area (Å²) in [4.78, 5) is 20.1. The van der Waals surface area contributed by atoms with E-state index in [0.717, 1.165) is 24.1 Å². The third-order valence-corrected chi connectivity index (χ3v) is 6.09. The highest BCUT2D eigenvalue weighted by Gasteiger charge is 2.39. The van der Waals surface area contributed by atoms with Crippen LogP contribution in [0.15, 0.2) is 59.8 Å². The van der Waals surface area contributed by atoms with Crippen molar-refractivity contribution in [2.75, 3.05) is 13.1 Å². The topological polar surface area (TPSA) is 62.1 Å². The Morgan fingerprint density at radius 1 is 1.10 bits per heavy atom. The summed E-state index contributed by atoms with van der Waals surface area (Å²) < 4.78 is 0. The molecule has 1 atom stereocenters. The first kappa shape index (κ1) is 19.9. The number of likely N-dealkylation sites (tertiary alicyclic amines) is 1. The van der Waals surface area contributed by atoms with Gasteiger partial charge in [0, 0.05) is 24.5 Å². The quantitative estimate of drug-likeness (QED) is 0.809. The number of rotatable bonds is 5. The number of aryl methyl sites for hydroxylation is 1. The summed E-state index contributed by atoms with van der Waals surface area (Å²) in [5, 5.41) is 15.8. The number of halogens is 1. The SMILES string of the molecule is O=C([C@@H]1CC(CCc2ccccc2)=NO1)N1CCC(O)(c2ccc(Cl)cc2)CC1. The lowest BCUT2D eigenvalue weighted by molar-refractivity contribution is -0.146. The second-order valence-corrected chi connectivity index (χ2v) is 8.24. The molecular weight excluding hydrogens is 388 g/mol.